The maximum absolute atomic E-state index is 12.5. The summed E-state index contributed by atoms with van der Waals surface area (Å²) >= 11 is 3.55. The number of fused-ring (bicyclic) bond motifs is 1. The van der Waals surface area contributed by atoms with E-state index in [2.05, 4.69) is 15.9 Å². The molecule has 1 unspecified atom stereocenters. The van der Waals surface area contributed by atoms with Crippen molar-refractivity contribution in [3.8, 4) is 0 Å². The number of hydrogen-bond acceptors (Lipinski definition) is 4. The third-order valence-electron chi connectivity index (χ3n) is 5.22. The molecule has 6 heteroatoms. The van der Waals surface area contributed by atoms with Crippen molar-refractivity contribution in [1.29, 1.82) is 0 Å². The molecule has 0 bridgehead atoms. The predicted molar refractivity (Wildman–Crippen MR) is 121 cm³/mol. The molecule has 3 aromatic rings. The molecule has 2 heterocycles. The predicted octanol–water partition coefficient (Wildman–Crippen LogP) is 5.67. The highest BCUT2D eigenvalue weighted by molar-refractivity contribution is 9.09. The van der Waals surface area contributed by atoms with E-state index >= 15 is 0 Å². The van der Waals surface area contributed by atoms with Gasteiger partial charge >= 0.3 is 11.7 Å². The summed E-state index contributed by atoms with van der Waals surface area (Å²) in [5.74, 6) is 0.616. The number of halogens is 1. The van der Waals surface area contributed by atoms with Gasteiger partial charge in [0, 0.05) is 18.7 Å². The molecule has 5 nitrogen and oxygen atoms in total. The zero-order valence-corrected chi connectivity index (χ0v) is 18.2. The van der Waals surface area contributed by atoms with E-state index in [9.17, 15) is 9.59 Å². The van der Waals surface area contributed by atoms with Crippen LogP contribution >= 0.6 is 15.9 Å². The standard InChI is InChI=1S/C24H22BrNO4/c1-16(25)22-21(19-9-5-6-10-20(19)23(27)30-22)18-11-13-26(14-12-18)24(28)29-15-17-7-3-2-4-8-17/h2-11,16H,12-15H2,1H3. The Labute approximate surface area is 183 Å². The number of carbonyl (C=O) groups excluding carboxylic acids is 1. The summed E-state index contributed by atoms with van der Waals surface area (Å²) in [6.07, 6.45) is 2.35. The van der Waals surface area contributed by atoms with Crippen molar-refractivity contribution >= 4 is 38.4 Å². The molecule has 1 aliphatic heterocycles. The van der Waals surface area contributed by atoms with E-state index in [1.807, 2.05) is 61.5 Å². The lowest BCUT2D eigenvalue weighted by molar-refractivity contribution is 0.0998. The van der Waals surface area contributed by atoms with Crippen molar-refractivity contribution in [3.05, 3.63) is 88.0 Å². The van der Waals surface area contributed by atoms with Crippen molar-refractivity contribution in [1.82, 2.24) is 4.90 Å². The Bertz CT molecular complexity index is 1150. The minimum atomic E-state index is -0.335. The molecule has 1 aromatic heterocycles. The summed E-state index contributed by atoms with van der Waals surface area (Å²) in [7, 11) is 0. The number of rotatable bonds is 4. The van der Waals surface area contributed by atoms with Crippen molar-refractivity contribution in [2.45, 2.75) is 24.8 Å². The number of ether oxygens (including phenoxy) is 1. The molecule has 0 radical (unpaired) electrons. The van der Waals surface area contributed by atoms with Crippen LogP contribution in [0.15, 0.2) is 69.9 Å². The normalized spacial score (nSPS) is 15.0. The zero-order valence-electron chi connectivity index (χ0n) is 16.6. The maximum Gasteiger partial charge on any atom is 0.410 e. The number of amides is 1. The van der Waals surface area contributed by atoms with Crippen LogP contribution in [0, 0.1) is 0 Å². The van der Waals surface area contributed by atoms with E-state index in [1.165, 1.54) is 0 Å². The van der Waals surface area contributed by atoms with E-state index in [0.29, 0.717) is 30.7 Å². The Morgan fingerprint density at radius 2 is 1.83 bits per heavy atom. The first-order valence-electron chi connectivity index (χ1n) is 9.89. The Balaban J connectivity index is 1.57. The molecular weight excluding hydrogens is 446 g/mol. The topological polar surface area (TPSA) is 59.8 Å². The molecule has 0 saturated carbocycles. The lowest BCUT2D eigenvalue weighted by Gasteiger charge is -2.27. The van der Waals surface area contributed by atoms with Gasteiger partial charge in [-0.2, -0.15) is 0 Å². The first kappa shape index (κ1) is 20.4. The second-order valence-corrected chi connectivity index (χ2v) is 8.63. The van der Waals surface area contributed by atoms with Crippen molar-refractivity contribution in [2.24, 2.45) is 0 Å². The molecule has 154 valence electrons. The number of nitrogens with zero attached hydrogens (tertiary/aromatic N) is 1. The molecule has 4 rings (SSSR count). The smallest absolute Gasteiger partial charge is 0.410 e. The molecule has 0 fully saturated rings. The quantitative estimate of drug-likeness (QED) is 0.463. The van der Waals surface area contributed by atoms with Crippen LogP contribution in [0.5, 0.6) is 0 Å². The van der Waals surface area contributed by atoms with Crippen LogP contribution in [-0.2, 0) is 11.3 Å². The average molecular weight is 468 g/mol. The van der Waals surface area contributed by atoms with Gasteiger partial charge in [-0.3, -0.25) is 0 Å². The van der Waals surface area contributed by atoms with Crippen LogP contribution < -0.4 is 5.63 Å². The van der Waals surface area contributed by atoms with Gasteiger partial charge in [0.1, 0.15) is 12.4 Å². The fourth-order valence-corrected chi connectivity index (χ4v) is 4.02. The fourth-order valence-electron chi connectivity index (χ4n) is 3.70. The van der Waals surface area contributed by atoms with Crippen LogP contribution in [0.3, 0.4) is 0 Å². The van der Waals surface area contributed by atoms with Gasteiger partial charge in [-0.15, -0.1) is 0 Å². The molecule has 0 spiro atoms. The second kappa shape index (κ2) is 8.88. The van der Waals surface area contributed by atoms with E-state index < -0.39 is 0 Å². The summed E-state index contributed by atoms with van der Waals surface area (Å²) in [5, 5.41) is 1.44. The molecule has 0 saturated heterocycles. The monoisotopic (exact) mass is 467 g/mol. The van der Waals surface area contributed by atoms with E-state index in [1.54, 1.807) is 11.0 Å². The number of alkyl halides is 1. The lowest BCUT2D eigenvalue weighted by Crippen LogP contribution is -2.35. The molecule has 1 atom stereocenters. The van der Waals surface area contributed by atoms with Gasteiger partial charge in [-0.1, -0.05) is 70.5 Å². The molecule has 1 amide bonds. The van der Waals surface area contributed by atoms with Crippen LogP contribution in [0.25, 0.3) is 16.3 Å². The van der Waals surface area contributed by atoms with Crippen molar-refractivity contribution in [2.75, 3.05) is 13.1 Å². The average Bonchev–Trinajstić information content (AvgIpc) is 2.78. The summed E-state index contributed by atoms with van der Waals surface area (Å²) in [4.78, 5) is 26.4. The van der Waals surface area contributed by atoms with Gasteiger partial charge < -0.3 is 14.1 Å². The third kappa shape index (κ3) is 4.19. The van der Waals surface area contributed by atoms with Crippen LogP contribution in [0.2, 0.25) is 0 Å². The summed E-state index contributed by atoms with van der Waals surface area (Å²) in [6, 6.07) is 17.1. The summed E-state index contributed by atoms with van der Waals surface area (Å²) in [5.41, 5.74) is 2.63. The summed E-state index contributed by atoms with van der Waals surface area (Å²) < 4.78 is 11.1. The molecule has 30 heavy (non-hydrogen) atoms. The molecule has 2 aromatic carbocycles. The first-order valence-corrected chi connectivity index (χ1v) is 10.8. The van der Waals surface area contributed by atoms with Gasteiger partial charge in [0.05, 0.1) is 10.2 Å². The molecule has 0 N–H and O–H groups in total. The lowest BCUT2D eigenvalue weighted by atomic mass is 9.93. The van der Waals surface area contributed by atoms with Crippen LogP contribution in [0.4, 0.5) is 4.79 Å². The Morgan fingerprint density at radius 1 is 1.13 bits per heavy atom. The largest absolute Gasteiger partial charge is 0.445 e. The van der Waals surface area contributed by atoms with Gasteiger partial charge in [0.25, 0.3) is 0 Å². The maximum atomic E-state index is 12.5. The SMILES string of the molecule is CC(Br)c1oc(=O)c2ccccc2c1C1=CCN(C(=O)OCc2ccccc2)CC1. The Kier molecular flexibility index (Phi) is 6.04. The third-order valence-corrected chi connectivity index (χ3v) is 5.64. The minimum absolute atomic E-state index is 0.112. The van der Waals surface area contributed by atoms with Crippen molar-refractivity contribution in [3.63, 3.8) is 0 Å². The van der Waals surface area contributed by atoms with Crippen molar-refractivity contribution < 1.29 is 13.9 Å². The highest BCUT2D eigenvalue weighted by Gasteiger charge is 2.24. The minimum Gasteiger partial charge on any atom is -0.445 e. The molecular formula is C24H22BrNO4. The van der Waals surface area contributed by atoms with Gasteiger partial charge in [-0.25, -0.2) is 9.59 Å². The van der Waals surface area contributed by atoms with Gasteiger partial charge in [0.2, 0.25) is 0 Å². The molecule has 0 aliphatic carbocycles. The van der Waals surface area contributed by atoms with Gasteiger partial charge in [0.15, 0.2) is 0 Å². The fraction of sp³-hybridized carbons (Fsp3) is 0.250. The van der Waals surface area contributed by atoms with Crippen LogP contribution in [-0.4, -0.2) is 24.1 Å². The summed E-state index contributed by atoms with van der Waals surface area (Å²) in [6.45, 7) is 3.19. The van der Waals surface area contributed by atoms with E-state index in [0.717, 1.165) is 22.1 Å². The Hall–Kier alpha value is -2.86. The van der Waals surface area contributed by atoms with Crippen LogP contribution in [0.1, 0.15) is 35.1 Å². The van der Waals surface area contributed by atoms with E-state index in [-0.39, 0.29) is 23.2 Å². The number of carbonyl (C=O) groups is 1. The van der Waals surface area contributed by atoms with E-state index in [4.69, 9.17) is 9.15 Å². The zero-order chi connectivity index (χ0) is 21.1. The molecule has 1 aliphatic rings. The second-order valence-electron chi connectivity index (χ2n) is 7.26. The Morgan fingerprint density at radius 3 is 2.50 bits per heavy atom. The van der Waals surface area contributed by atoms with Gasteiger partial charge in [-0.05, 0) is 35.9 Å². The highest BCUT2D eigenvalue weighted by Crippen LogP contribution is 2.36. The highest BCUT2D eigenvalue weighted by atomic mass is 79.9. The number of benzene rings is 2. The first-order chi connectivity index (χ1) is 14.5. The number of hydrogen-bond donors (Lipinski definition) is 0.